The molecule has 0 aromatic carbocycles. The maximum atomic E-state index is 5.36. The van der Waals surface area contributed by atoms with Crippen molar-refractivity contribution in [2.75, 3.05) is 13.2 Å². The summed E-state index contributed by atoms with van der Waals surface area (Å²) in [6, 6.07) is 0.521. The molecule has 1 aromatic rings. The molecule has 1 aliphatic heterocycles. The molecule has 2 rings (SSSR count). The lowest BCUT2D eigenvalue weighted by atomic mass is 10.0. The molecule has 2 unspecified atom stereocenters. The number of nitrogens with one attached hydrogen (secondary N) is 2. The van der Waals surface area contributed by atoms with E-state index in [2.05, 4.69) is 22.4 Å². The van der Waals surface area contributed by atoms with Gasteiger partial charge in [-0.15, -0.1) is 0 Å². The minimum Gasteiger partial charge on any atom is -0.381 e. The van der Waals surface area contributed by atoms with Crippen LogP contribution in [0.3, 0.4) is 0 Å². The van der Waals surface area contributed by atoms with Gasteiger partial charge in [0.2, 0.25) is 0 Å². The predicted octanol–water partition coefficient (Wildman–Crippen LogP) is 0.924. The summed E-state index contributed by atoms with van der Waals surface area (Å²) in [5.41, 5.74) is 1.20. The van der Waals surface area contributed by atoms with Crippen molar-refractivity contribution >= 4 is 0 Å². The van der Waals surface area contributed by atoms with E-state index in [1.165, 1.54) is 12.0 Å². The number of H-pyrrole nitrogens is 1. The third kappa shape index (κ3) is 2.33. The van der Waals surface area contributed by atoms with E-state index in [0.717, 1.165) is 19.8 Å². The second-order valence-corrected chi connectivity index (χ2v) is 3.90. The van der Waals surface area contributed by atoms with Crippen LogP contribution in [0.25, 0.3) is 0 Å². The van der Waals surface area contributed by atoms with Crippen molar-refractivity contribution < 1.29 is 4.74 Å². The fraction of sp³-hybridized carbons (Fsp3) is 0.700. The Bertz CT molecular complexity index is 254. The monoisotopic (exact) mass is 195 g/mol. The van der Waals surface area contributed by atoms with Crippen LogP contribution in [-0.4, -0.2) is 29.5 Å². The molecule has 1 aliphatic rings. The molecule has 4 nitrogen and oxygen atoms in total. The SMILES string of the molecule is CC(NCc1cn[nH]c1)C1CCOC1. The van der Waals surface area contributed by atoms with E-state index in [4.69, 9.17) is 4.74 Å². The van der Waals surface area contributed by atoms with Gasteiger partial charge in [-0.2, -0.15) is 5.10 Å². The summed E-state index contributed by atoms with van der Waals surface area (Å²) in [5.74, 6) is 0.668. The molecule has 1 fully saturated rings. The van der Waals surface area contributed by atoms with E-state index in [9.17, 15) is 0 Å². The number of ether oxygens (including phenoxy) is 1. The number of aromatic nitrogens is 2. The Kier molecular flexibility index (Phi) is 3.16. The van der Waals surface area contributed by atoms with Gasteiger partial charge >= 0.3 is 0 Å². The maximum absolute atomic E-state index is 5.36. The molecular formula is C10H17N3O. The van der Waals surface area contributed by atoms with E-state index in [1.54, 1.807) is 0 Å². The highest BCUT2D eigenvalue weighted by atomic mass is 16.5. The van der Waals surface area contributed by atoms with E-state index < -0.39 is 0 Å². The molecule has 1 saturated heterocycles. The highest BCUT2D eigenvalue weighted by Gasteiger charge is 2.21. The van der Waals surface area contributed by atoms with Crippen LogP contribution in [0.5, 0.6) is 0 Å². The molecular weight excluding hydrogens is 178 g/mol. The van der Waals surface area contributed by atoms with E-state index in [-0.39, 0.29) is 0 Å². The second-order valence-electron chi connectivity index (χ2n) is 3.90. The van der Waals surface area contributed by atoms with Gasteiger partial charge in [0, 0.05) is 31.0 Å². The van der Waals surface area contributed by atoms with E-state index in [1.807, 2.05) is 12.4 Å². The highest BCUT2D eigenvalue weighted by molar-refractivity contribution is 5.01. The first-order chi connectivity index (χ1) is 6.86. The van der Waals surface area contributed by atoms with E-state index >= 15 is 0 Å². The maximum Gasteiger partial charge on any atom is 0.0532 e. The minimum atomic E-state index is 0.521. The van der Waals surface area contributed by atoms with Crippen LogP contribution in [0.15, 0.2) is 12.4 Å². The molecule has 0 saturated carbocycles. The van der Waals surface area contributed by atoms with Gasteiger partial charge < -0.3 is 10.1 Å². The number of hydrogen-bond donors (Lipinski definition) is 2. The van der Waals surface area contributed by atoms with Gasteiger partial charge in [-0.1, -0.05) is 0 Å². The van der Waals surface area contributed by atoms with Crippen molar-refractivity contribution in [2.45, 2.75) is 25.9 Å². The molecule has 0 bridgehead atoms. The zero-order chi connectivity index (χ0) is 9.80. The Morgan fingerprint density at radius 2 is 2.71 bits per heavy atom. The van der Waals surface area contributed by atoms with Crippen molar-refractivity contribution in [1.82, 2.24) is 15.5 Å². The standard InChI is InChI=1S/C10H17N3O/c1-8(10-2-3-14-7-10)11-4-9-5-12-13-6-9/h5-6,8,10-11H,2-4,7H2,1H3,(H,12,13). The molecule has 0 spiro atoms. The summed E-state index contributed by atoms with van der Waals surface area (Å²) in [7, 11) is 0. The first-order valence-electron chi connectivity index (χ1n) is 5.15. The smallest absolute Gasteiger partial charge is 0.0532 e. The lowest BCUT2D eigenvalue weighted by molar-refractivity contribution is 0.178. The lowest BCUT2D eigenvalue weighted by Crippen LogP contribution is -2.33. The molecule has 2 N–H and O–H groups in total. The minimum absolute atomic E-state index is 0.521. The van der Waals surface area contributed by atoms with Gasteiger partial charge in [-0.3, -0.25) is 5.10 Å². The Labute approximate surface area is 84.0 Å². The van der Waals surface area contributed by atoms with Crippen molar-refractivity contribution in [2.24, 2.45) is 5.92 Å². The topological polar surface area (TPSA) is 49.9 Å². The zero-order valence-corrected chi connectivity index (χ0v) is 8.49. The van der Waals surface area contributed by atoms with Gasteiger partial charge in [-0.25, -0.2) is 0 Å². The van der Waals surface area contributed by atoms with Crippen LogP contribution < -0.4 is 5.32 Å². The van der Waals surface area contributed by atoms with Crippen LogP contribution in [-0.2, 0) is 11.3 Å². The molecule has 0 radical (unpaired) electrons. The average molecular weight is 195 g/mol. The molecule has 0 amide bonds. The van der Waals surface area contributed by atoms with Gasteiger partial charge in [0.15, 0.2) is 0 Å². The van der Waals surface area contributed by atoms with Crippen LogP contribution >= 0.6 is 0 Å². The molecule has 1 aromatic heterocycles. The lowest BCUT2D eigenvalue weighted by Gasteiger charge is -2.18. The third-order valence-corrected chi connectivity index (χ3v) is 2.86. The fourth-order valence-corrected chi connectivity index (χ4v) is 1.77. The van der Waals surface area contributed by atoms with Gasteiger partial charge in [0.25, 0.3) is 0 Å². The molecule has 0 aliphatic carbocycles. The zero-order valence-electron chi connectivity index (χ0n) is 8.49. The highest BCUT2D eigenvalue weighted by Crippen LogP contribution is 2.16. The number of nitrogens with zero attached hydrogens (tertiary/aromatic N) is 1. The largest absolute Gasteiger partial charge is 0.381 e. The van der Waals surface area contributed by atoms with Crippen molar-refractivity contribution in [3.8, 4) is 0 Å². The third-order valence-electron chi connectivity index (χ3n) is 2.86. The summed E-state index contributed by atoms with van der Waals surface area (Å²) in [6.45, 7) is 4.93. The summed E-state index contributed by atoms with van der Waals surface area (Å²) < 4.78 is 5.36. The Hall–Kier alpha value is -0.870. The Morgan fingerprint density at radius 3 is 3.36 bits per heavy atom. The average Bonchev–Trinajstić information content (AvgIpc) is 2.87. The second kappa shape index (κ2) is 4.57. The Balaban J connectivity index is 1.74. The number of rotatable bonds is 4. The molecule has 4 heteroatoms. The molecule has 2 atom stereocenters. The van der Waals surface area contributed by atoms with Crippen molar-refractivity contribution in [1.29, 1.82) is 0 Å². The quantitative estimate of drug-likeness (QED) is 0.751. The Morgan fingerprint density at radius 1 is 1.79 bits per heavy atom. The predicted molar refractivity (Wildman–Crippen MR) is 53.8 cm³/mol. The fourth-order valence-electron chi connectivity index (χ4n) is 1.77. The van der Waals surface area contributed by atoms with Crippen LogP contribution in [0.1, 0.15) is 18.9 Å². The summed E-state index contributed by atoms with van der Waals surface area (Å²) >= 11 is 0. The molecule has 2 heterocycles. The van der Waals surface area contributed by atoms with Crippen LogP contribution in [0.2, 0.25) is 0 Å². The molecule has 78 valence electrons. The number of hydrogen-bond acceptors (Lipinski definition) is 3. The number of aromatic amines is 1. The summed E-state index contributed by atoms with van der Waals surface area (Å²) in [6.07, 6.45) is 4.95. The normalized spacial score (nSPS) is 23.9. The summed E-state index contributed by atoms with van der Waals surface area (Å²) in [5, 5.41) is 10.2. The van der Waals surface area contributed by atoms with Crippen LogP contribution in [0.4, 0.5) is 0 Å². The van der Waals surface area contributed by atoms with Crippen molar-refractivity contribution in [3.63, 3.8) is 0 Å². The first-order valence-corrected chi connectivity index (χ1v) is 5.15. The van der Waals surface area contributed by atoms with E-state index in [0.29, 0.717) is 12.0 Å². The van der Waals surface area contributed by atoms with Gasteiger partial charge in [0.1, 0.15) is 0 Å². The van der Waals surface area contributed by atoms with Gasteiger partial charge in [-0.05, 0) is 19.3 Å². The molecule has 14 heavy (non-hydrogen) atoms. The summed E-state index contributed by atoms with van der Waals surface area (Å²) in [4.78, 5) is 0. The van der Waals surface area contributed by atoms with Crippen molar-refractivity contribution in [3.05, 3.63) is 18.0 Å². The first kappa shape index (κ1) is 9.68. The van der Waals surface area contributed by atoms with Gasteiger partial charge in [0.05, 0.1) is 12.8 Å². The van der Waals surface area contributed by atoms with Crippen LogP contribution in [0, 0.1) is 5.92 Å².